The number of amides is 1. The van der Waals surface area contributed by atoms with Gasteiger partial charge in [-0.3, -0.25) is 4.79 Å². The first-order valence-corrected chi connectivity index (χ1v) is 11.3. The number of nitrogens with one attached hydrogen (secondary N) is 1. The van der Waals surface area contributed by atoms with Crippen LogP contribution in [0.2, 0.25) is 0 Å². The van der Waals surface area contributed by atoms with E-state index in [1.54, 1.807) is 31.2 Å². The second-order valence-corrected chi connectivity index (χ2v) is 8.92. The van der Waals surface area contributed by atoms with Gasteiger partial charge in [0.05, 0.1) is 12.2 Å². The van der Waals surface area contributed by atoms with Gasteiger partial charge in [0.25, 0.3) is 5.91 Å². The Labute approximate surface area is 192 Å². The Morgan fingerprint density at radius 2 is 1.87 bits per heavy atom. The van der Waals surface area contributed by atoms with Crippen molar-refractivity contribution in [2.24, 2.45) is 0 Å². The second-order valence-electron chi connectivity index (χ2n) is 6.90. The van der Waals surface area contributed by atoms with Crippen LogP contribution in [0.1, 0.15) is 43.6 Å². The average Bonchev–Trinajstić information content (AvgIpc) is 3.33. The third-order valence-electron chi connectivity index (χ3n) is 4.86. The van der Waals surface area contributed by atoms with Gasteiger partial charge in [-0.15, -0.1) is 11.3 Å². The molecular weight excluding hydrogens is 482 g/mol. The van der Waals surface area contributed by atoms with Gasteiger partial charge in [0.2, 0.25) is 6.79 Å². The number of thiophene rings is 1. The van der Waals surface area contributed by atoms with Crippen LogP contribution in [0.15, 0.2) is 46.9 Å². The fraction of sp³-hybridized carbons (Fsp3) is 0.217. The molecule has 0 radical (unpaired) electrons. The molecule has 4 rings (SSSR count). The molecule has 31 heavy (non-hydrogen) atoms. The predicted octanol–water partition coefficient (Wildman–Crippen LogP) is 5.57. The summed E-state index contributed by atoms with van der Waals surface area (Å²) in [5, 5.41) is 3.38. The van der Waals surface area contributed by atoms with E-state index in [1.165, 1.54) is 11.3 Å². The van der Waals surface area contributed by atoms with Gasteiger partial charge >= 0.3 is 5.97 Å². The van der Waals surface area contributed by atoms with E-state index in [4.69, 9.17) is 14.2 Å². The van der Waals surface area contributed by atoms with Gasteiger partial charge in [-0.2, -0.15) is 0 Å². The van der Waals surface area contributed by atoms with Crippen LogP contribution in [0.25, 0.3) is 0 Å². The van der Waals surface area contributed by atoms with E-state index < -0.39 is 5.97 Å². The van der Waals surface area contributed by atoms with Crippen molar-refractivity contribution in [3.63, 3.8) is 0 Å². The Morgan fingerprint density at radius 1 is 1.13 bits per heavy atom. The van der Waals surface area contributed by atoms with Crippen LogP contribution in [-0.2, 0) is 11.2 Å². The molecule has 1 aliphatic rings. The first-order valence-electron chi connectivity index (χ1n) is 9.71. The highest BCUT2D eigenvalue weighted by atomic mass is 79.9. The minimum absolute atomic E-state index is 0.218. The van der Waals surface area contributed by atoms with Gasteiger partial charge < -0.3 is 19.5 Å². The quantitative estimate of drug-likeness (QED) is 0.447. The molecule has 2 heterocycles. The highest BCUT2D eigenvalue weighted by Crippen LogP contribution is 2.38. The van der Waals surface area contributed by atoms with Gasteiger partial charge in [-0.05, 0) is 61.4 Å². The van der Waals surface area contributed by atoms with Crippen molar-refractivity contribution in [1.82, 2.24) is 0 Å². The predicted molar refractivity (Wildman–Crippen MR) is 122 cm³/mol. The van der Waals surface area contributed by atoms with Crippen molar-refractivity contribution in [2.45, 2.75) is 20.3 Å². The fourth-order valence-corrected chi connectivity index (χ4v) is 4.77. The number of halogens is 1. The third kappa shape index (κ3) is 4.60. The summed E-state index contributed by atoms with van der Waals surface area (Å²) >= 11 is 4.75. The molecule has 160 valence electrons. The Morgan fingerprint density at radius 3 is 2.61 bits per heavy atom. The Hall–Kier alpha value is -2.84. The number of fused-ring (bicyclic) bond motifs is 1. The van der Waals surface area contributed by atoms with E-state index in [2.05, 4.69) is 21.2 Å². The number of ether oxygens (including phenoxy) is 3. The first kappa shape index (κ1) is 21.4. The SMILES string of the molecule is CCOC(=O)c1c(NC(=O)c2ccc(Br)cc2)sc(Cc2ccc3c(c2)OCO3)c1C. The summed E-state index contributed by atoms with van der Waals surface area (Å²) in [6.45, 7) is 4.11. The van der Waals surface area contributed by atoms with Crippen LogP contribution in [0.4, 0.5) is 5.00 Å². The lowest BCUT2D eigenvalue weighted by molar-refractivity contribution is 0.0527. The third-order valence-corrected chi connectivity index (χ3v) is 6.60. The van der Waals surface area contributed by atoms with E-state index in [-0.39, 0.29) is 19.3 Å². The van der Waals surface area contributed by atoms with Gasteiger partial charge in [0.1, 0.15) is 5.00 Å². The van der Waals surface area contributed by atoms with Crippen LogP contribution in [0.3, 0.4) is 0 Å². The molecule has 0 saturated carbocycles. The van der Waals surface area contributed by atoms with E-state index in [9.17, 15) is 9.59 Å². The molecule has 1 amide bonds. The smallest absolute Gasteiger partial charge is 0.341 e. The topological polar surface area (TPSA) is 73.9 Å². The number of esters is 1. The normalized spacial score (nSPS) is 12.0. The summed E-state index contributed by atoms with van der Waals surface area (Å²) in [7, 11) is 0. The molecular formula is C23H20BrNO5S. The molecule has 0 aliphatic carbocycles. The maximum Gasteiger partial charge on any atom is 0.341 e. The molecule has 2 aromatic carbocycles. The second kappa shape index (κ2) is 9.11. The van der Waals surface area contributed by atoms with Gasteiger partial charge in [-0.1, -0.05) is 22.0 Å². The van der Waals surface area contributed by atoms with Crippen molar-refractivity contribution in [2.75, 3.05) is 18.7 Å². The summed E-state index contributed by atoms with van der Waals surface area (Å²) in [6.07, 6.45) is 0.591. The largest absolute Gasteiger partial charge is 0.462 e. The molecule has 0 atom stereocenters. The zero-order valence-electron chi connectivity index (χ0n) is 17.0. The summed E-state index contributed by atoms with van der Waals surface area (Å²) in [4.78, 5) is 26.4. The Kier molecular flexibility index (Phi) is 6.29. The van der Waals surface area contributed by atoms with Crippen molar-refractivity contribution in [1.29, 1.82) is 0 Å². The summed E-state index contributed by atoms with van der Waals surface area (Å²) in [5.41, 5.74) is 2.72. The van der Waals surface area contributed by atoms with Gasteiger partial charge in [0.15, 0.2) is 11.5 Å². The van der Waals surface area contributed by atoms with E-state index in [1.807, 2.05) is 25.1 Å². The van der Waals surface area contributed by atoms with Crippen molar-refractivity contribution in [3.05, 3.63) is 74.1 Å². The first-order chi connectivity index (χ1) is 15.0. The van der Waals surface area contributed by atoms with Crippen LogP contribution >= 0.6 is 27.3 Å². The maximum absolute atomic E-state index is 12.8. The zero-order chi connectivity index (χ0) is 22.0. The van der Waals surface area contributed by atoms with Crippen molar-refractivity contribution < 1.29 is 23.8 Å². The summed E-state index contributed by atoms with van der Waals surface area (Å²) in [6, 6.07) is 12.8. The number of benzene rings is 2. The highest BCUT2D eigenvalue weighted by Gasteiger charge is 2.24. The lowest BCUT2D eigenvalue weighted by Gasteiger charge is -2.07. The van der Waals surface area contributed by atoms with Crippen LogP contribution in [0.5, 0.6) is 11.5 Å². The number of hydrogen-bond donors (Lipinski definition) is 1. The van der Waals surface area contributed by atoms with E-state index >= 15 is 0 Å². The lowest BCUT2D eigenvalue weighted by atomic mass is 10.1. The Balaban J connectivity index is 1.64. The molecule has 6 nitrogen and oxygen atoms in total. The molecule has 0 fully saturated rings. The van der Waals surface area contributed by atoms with E-state index in [0.29, 0.717) is 28.3 Å². The molecule has 0 unspecified atom stereocenters. The Bertz CT molecular complexity index is 1140. The maximum atomic E-state index is 12.8. The van der Waals surface area contributed by atoms with Gasteiger partial charge in [0, 0.05) is 21.3 Å². The molecule has 1 aliphatic heterocycles. The molecule has 1 N–H and O–H groups in total. The molecule has 8 heteroatoms. The summed E-state index contributed by atoms with van der Waals surface area (Å²) in [5.74, 6) is 0.704. The minimum atomic E-state index is -0.445. The minimum Gasteiger partial charge on any atom is -0.462 e. The van der Waals surface area contributed by atoms with Crippen molar-refractivity contribution >= 4 is 44.1 Å². The number of hydrogen-bond acceptors (Lipinski definition) is 6. The summed E-state index contributed by atoms with van der Waals surface area (Å²) < 4.78 is 17.0. The molecule has 1 aromatic heterocycles. The van der Waals surface area contributed by atoms with Crippen LogP contribution in [-0.4, -0.2) is 25.3 Å². The zero-order valence-corrected chi connectivity index (χ0v) is 19.4. The van der Waals surface area contributed by atoms with Gasteiger partial charge in [-0.25, -0.2) is 4.79 Å². The standard InChI is InChI=1S/C23H20BrNO5S/c1-3-28-23(27)20-13(2)19(11-14-4-9-17-18(10-14)30-12-29-17)31-22(20)25-21(26)15-5-7-16(24)8-6-15/h4-10H,3,11-12H2,1-2H3,(H,25,26). The molecule has 0 saturated heterocycles. The molecule has 0 bridgehead atoms. The average molecular weight is 502 g/mol. The number of anilines is 1. The number of rotatable bonds is 6. The van der Waals surface area contributed by atoms with Crippen LogP contribution < -0.4 is 14.8 Å². The molecule has 0 spiro atoms. The monoisotopic (exact) mass is 501 g/mol. The lowest BCUT2D eigenvalue weighted by Crippen LogP contribution is -2.14. The van der Waals surface area contributed by atoms with Crippen molar-refractivity contribution in [3.8, 4) is 11.5 Å². The fourth-order valence-electron chi connectivity index (χ4n) is 3.28. The highest BCUT2D eigenvalue weighted by molar-refractivity contribution is 9.10. The van der Waals surface area contributed by atoms with Crippen LogP contribution in [0, 0.1) is 6.92 Å². The number of carbonyl (C=O) groups is 2. The van der Waals surface area contributed by atoms with E-state index in [0.717, 1.165) is 26.2 Å². The number of carbonyl (C=O) groups excluding carboxylic acids is 2. The molecule has 3 aromatic rings.